The van der Waals surface area contributed by atoms with Crippen LogP contribution in [0.5, 0.6) is 0 Å². The molecule has 3 heterocycles. The lowest BCUT2D eigenvalue weighted by Crippen LogP contribution is -2.34. The molecule has 0 saturated carbocycles. The van der Waals surface area contributed by atoms with Crippen molar-refractivity contribution in [1.29, 1.82) is 0 Å². The van der Waals surface area contributed by atoms with Crippen molar-refractivity contribution >= 4 is 112 Å². The van der Waals surface area contributed by atoms with E-state index in [0.29, 0.717) is 32.5 Å². The Hall–Kier alpha value is -3.64. The molecule has 0 saturated heterocycles. The summed E-state index contributed by atoms with van der Waals surface area (Å²) in [5.41, 5.74) is 23.2. The highest BCUT2D eigenvalue weighted by atomic mass is 79.9. The Morgan fingerprint density at radius 1 is 0.611 bits per heavy atom. The number of aromatic nitrogens is 3. The second-order valence-electron chi connectivity index (χ2n) is 11.8. The van der Waals surface area contributed by atoms with Crippen LogP contribution in [0.4, 0.5) is 0 Å². The molecule has 3 atom stereocenters. The van der Waals surface area contributed by atoms with Gasteiger partial charge in [-0.2, -0.15) is 13.5 Å². The van der Waals surface area contributed by atoms with Crippen LogP contribution in [0.25, 0.3) is 32.7 Å². The van der Waals surface area contributed by atoms with Crippen LogP contribution in [0.1, 0.15) is 38.0 Å². The number of benzene rings is 3. The molecule has 3 aromatic heterocycles. The zero-order chi connectivity index (χ0) is 37.9. The first kappa shape index (κ1) is 46.5. The summed E-state index contributed by atoms with van der Waals surface area (Å²) in [6.07, 6.45) is 6.84. The minimum Gasteiger partial charge on any atom is -0.480 e. The van der Waals surface area contributed by atoms with Crippen LogP contribution in [0.15, 0.2) is 86.6 Å². The van der Waals surface area contributed by atoms with E-state index in [4.69, 9.17) is 31.8 Å². The molecule has 0 radical (unpaired) electrons. The normalized spacial score (nSPS) is 12.2. The number of carboxylic acid groups (broad SMARTS) is 1. The summed E-state index contributed by atoms with van der Waals surface area (Å²) < 4.78 is 12.8. The van der Waals surface area contributed by atoms with Crippen LogP contribution >= 0.6 is 61.3 Å². The van der Waals surface area contributed by atoms with Crippen LogP contribution in [0.3, 0.4) is 0 Å². The molecule has 0 spiro atoms. The first-order chi connectivity index (χ1) is 24.8. The summed E-state index contributed by atoms with van der Waals surface area (Å²) in [6.45, 7) is 4.25. The van der Waals surface area contributed by atoms with Gasteiger partial charge in [-0.1, -0.05) is 55.2 Å². The third-order valence-electron chi connectivity index (χ3n) is 8.00. The fraction of sp³-hybridized carbons (Fsp3) is 0.289. The van der Waals surface area contributed by atoms with E-state index < -0.39 is 24.1 Å². The number of carboxylic acids is 1. The Labute approximate surface area is 346 Å². The minimum atomic E-state index is -0.982. The van der Waals surface area contributed by atoms with Gasteiger partial charge in [0, 0.05) is 84.0 Å². The Kier molecular flexibility index (Phi) is 19.0. The topological polar surface area (TPSA) is 215 Å². The number of hydrogen-bond acceptors (Lipinski definition) is 8. The number of nitrogens with one attached hydrogen (secondary N) is 3. The van der Waals surface area contributed by atoms with E-state index >= 15 is 0 Å². The fourth-order valence-corrected chi connectivity index (χ4v) is 6.51. The number of aromatic amines is 3. The predicted octanol–water partition coefficient (Wildman–Crippen LogP) is 7.36. The molecule has 0 aliphatic heterocycles. The lowest BCUT2D eigenvalue weighted by atomic mass is 10.1. The molecule has 10 N–H and O–H groups in total. The van der Waals surface area contributed by atoms with Gasteiger partial charge >= 0.3 is 17.9 Å². The summed E-state index contributed by atoms with van der Waals surface area (Å²) in [5.74, 6) is -1.70. The SMILES string of the molecule is C.CCOC(=O)C(N)Cc1c[nH]c2ccc(Br)cc12.CCOC(=O)[C@H](N)Cc1c[nH]c2ccc(Br)cc12.N[C@@H](Cc1c[nH]c2ccc(Br)cc12)C(=O)O.S. The van der Waals surface area contributed by atoms with Crippen LogP contribution in [0, 0.1) is 0 Å². The fourth-order valence-electron chi connectivity index (χ4n) is 5.42. The Bertz CT molecular complexity index is 2050. The lowest BCUT2D eigenvalue weighted by molar-refractivity contribution is -0.145. The Balaban J connectivity index is 0.000000276. The van der Waals surface area contributed by atoms with Crippen molar-refractivity contribution in [2.24, 2.45) is 17.2 Å². The lowest BCUT2D eigenvalue weighted by Gasteiger charge is -2.09. The summed E-state index contributed by atoms with van der Waals surface area (Å²) in [4.78, 5) is 43.1. The molecule has 6 rings (SSSR count). The summed E-state index contributed by atoms with van der Waals surface area (Å²) in [6, 6.07) is 15.6. The van der Waals surface area contributed by atoms with Gasteiger partial charge in [0.05, 0.1) is 13.2 Å². The zero-order valence-electron chi connectivity index (χ0n) is 29.1. The third-order valence-corrected chi connectivity index (χ3v) is 9.48. The number of esters is 2. The number of H-pyrrole nitrogens is 3. The smallest absolute Gasteiger partial charge is 0.323 e. The van der Waals surface area contributed by atoms with E-state index in [1.54, 1.807) is 20.0 Å². The number of carbonyl (C=O) groups is 3. The van der Waals surface area contributed by atoms with Gasteiger partial charge in [-0.15, -0.1) is 0 Å². The first-order valence-electron chi connectivity index (χ1n) is 16.4. The number of halogens is 3. The molecule has 1 unspecified atom stereocenters. The Morgan fingerprint density at radius 2 is 0.907 bits per heavy atom. The number of hydrogen-bond donors (Lipinski definition) is 7. The van der Waals surface area contributed by atoms with Crippen LogP contribution in [-0.2, 0) is 43.1 Å². The molecule has 0 aliphatic rings. The largest absolute Gasteiger partial charge is 0.480 e. The maximum Gasteiger partial charge on any atom is 0.323 e. The van der Waals surface area contributed by atoms with E-state index in [0.717, 1.165) is 62.8 Å². The number of carbonyl (C=O) groups excluding carboxylic acids is 2. The van der Waals surface area contributed by atoms with Crippen molar-refractivity contribution in [2.75, 3.05) is 13.2 Å². The predicted molar refractivity (Wildman–Crippen MR) is 231 cm³/mol. The van der Waals surface area contributed by atoms with Gasteiger partial charge in [0.25, 0.3) is 0 Å². The second-order valence-corrected chi connectivity index (χ2v) is 14.5. The molecule has 292 valence electrons. The highest BCUT2D eigenvalue weighted by Gasteiger charge is 2.19. The van der Waals surface area contributed by atoms with Crippen LogP contribution < -0.4 is 17.2 Å². The average molecular weight is 956 g/mol. The van der Waals surface area contributed by atoms with Crippen molar-refractivity contribution < 1.29 is 29.0 Å². The molecule has 3 aromatic carbocycles. The molecular weight excluding hydrogens is 908 g/mol. The van der Waals surface area contributed by atoms with Gasteiger partial charge in [-0.05, 0) is 85.1 Å². The van der Waals surface area contributed by atoms with E-state index in [2.05, 4.69) is 62.7 Å². The molecule has 12 nitrogen and oxygen atoms in total. The van der Waals surface area contributed by atoms with Gasteiger partial charge in [-0.3, -0.25) is 14.4 Å². The summed E-state index contributed by atoms with van der Waals surface area (Å²) in [7, 11) is 0. The third kappa shape index (κ3) is 12.7. The zero-order valence-corrected chi connectivity index (χ0v) is 34.8. The van der Waals surface area contributed by atoms with E-state index in [-0.39, 0.29) is 32.9 Å². The van der Waals surface area contributed by atoms with Gasteiger partial charge in [-0.25, -0.2) is 0 Å². The molecule has 0 aliphatic carbocycles. The van der Waals surface area contributed by atoms with Gasteiger partial charge < -0.3 is 46.7 Å². The number of aliphatic carboxylic acids is 1. The average Bonchev–Trinajstić information content (AvgIpc) is 3.82. The highest BCUT2D eigenvalue weighted by Crippen LogP contribution is 2.26. The van der Waals surface area contributed by atoms with Crippen molar-refractivity contribution in [3.05, 3.63) is 103 Å². The number of rotatable bonds is 11. The van der Waals surface area contributed by atoms with Crippen molar-refractivity contribution in [1.82, 2.24) is 15.0 Å². The highest BCUT2D eigenvalue weighted by molar-refractivity contribution is 9.11. The van der Waals surface area contributed by atoms with E-state index in [1.807, 2.05) is 67.0 Å². The summed E-state index contributed by atoms with van der Waals surface area (Å²) >= 11 is 10.3. The van der Waals surface area contributed by atoms with Crippen LogP contribution in [0.2, 0.25) is 0 Å². The monoisotopic (exact) mass is 952 g/mol. The van der Waals surface area contributed by atoms with Gasteiger partial charge in [0.1, 0.15) is 18.1 Å². The van der Waals surface area contributed by atoms with Crippen molar-refractivity contribution in [3.8, 4) is 0 Å². The number of nitrogens with two attached hydrogens (primary N) is 3. The second kappa shape index (κ2) is 22.0. The van der Waals surface area contributed by atoms with E-state index in [9.17, 15) is 14.4 Å². The molecule has 54 heavy (non-hydrogen) atoms. The number of ether oxygens (including phenoxy) is 2. The first-order valence-corrected chi connectivity index (χ1v) is 18.8. The maximum absolute atomic E-state index is 11.5. The molecule has 0 fully saturated rings. The maximum atomic E-state index is 11.5. The molecule has 0 bridgehead atoms. The Morgan fingerprint density at radius 3 is 1.19 bits per heavy atom. The van der Waals surface area contributed by atoms with Gasteiger partial charge in [0.15, 0.2) is 0 Å². The summed E-state index contributed by atoms with van der Waals surface area (Å²) in [5, 5.41) is 11.9. The minimum absolute atomic E-state index is 0. The standard InChI is InChI=1S/2C13H15BrN2O2.C11H11BrN2O2.CH4.H2S/c2*1-2-18-13(17)11(15)5-8-7-16-12-4-3-9(14)6-10(8)12;12-7-1-2-10-8(4-7)6(5-14-10)3-9(13)11(15)16;;/h2*3-4,6-7,11,16H,2,5,15H2,1H3;1-2,4-5,9,14H,3,13H2,(H,15,16);1H4;1H2/t11-;;9-;;/m1.0../s1. The van der Waals surface area contributed by atoms with Crippen molar-refractivity contribution in [2.45, 2.75) is 58.7 Å². The number of fused-ring (bicyclic) bond motifs is 3. The molecule has 0 amide bonds. The molecule has 16 heteroatoms. The van der Waals surface area contributed by atoms with E-state index in [1.165, 1.54) is 0 Å². The molecular formula is C38H47Br3N6O6S. The van der Waals surface area contributed by atoms with Crippen LogP contribution in [-0.4, -0.2) is 69.3 Å². The van der Waals surface area contributed by atoms with Crippen molar-refractivity contribution in [3.63, 3.8) is 0 Å². The quantitative estimate of drug-likeness (QED) is 0.0645. The van der Waals surface area contributed by atoms with Gasteiger partial charge in [0.2, 0.25) is 0 Å². The molecule has 6 aromatic rings.